The van der Waals surface area contributed by atoms with E-state index in [4.69, 9.17) is 4.74 Å². The van der Waals surface area contributed by atoms with E-state index in [9.17, 15) is 0 Å². The lowest BCUT2D eigenvalue weighted by Gasteiger charge is -2.29. The number of ether oxygens (including phenoxy) is 1. The number of nitrogens with one attached hydrogen (secondary N) is 1. The minimum Gasteiger partial charge on any atom is -0.379 e. The van der Waals surface area contributed by atoms with Gasteiger partial charge in [0.1, 0.15) is 0 Å². The van der Waals surface area contributed by atoms with E-state index in [0.717, 1.165) is 39.4 Å². The Hall–Kier alpha value is -0.420. The van der Waals surface area contributed by atoms with Gasteiger partial charge >= 0.3 is 0 Å². The molecule has 1 fully saturated rings. The van der Waals surface area contributed by atoms with Crippen molar-refractivity contribution in [2.75, 3.05) is 32.8 Å². The summed E-state index contributed by atoms with van der Waals surface area (Å²) in [6, 6.07) is 7.03. The molecule has 4 heteroatoms. The Labute approximate surface area is 124 Å². The first kappa shape index (κ1) is 15.0. The molecule has 1 N–H and O–H groups in total. The van der Waals surface area contributed by atoms with Crippen LogP contribution in [0.15, 0.2) is 22.7 Å². The first-order valence-electron chi connectivity index (χ1n) is 6.93. The minimum atomic E-state index is 0.502. The Morgan fingerprint density at radius 2 is 2.11 bits per heavy atom. The fourth-order valence-corrected chi connectivity index (χ4v) is 2.59. The van der Waals surface area contributed by atoms with E-state index >= 15 is 0 Å². The van der Waals surface area contributed by atoms with Crippen molar-refractivity contribution in [2.24, 2.45) is 0 Å². The van der Waals surface area contributed by atoms with Gasteiger partial charge in [-0.2, -0.15) is 0 Å². The van der Waals surface area contributed by atoms with Crippen molar-refractivity contribution in [3.8, 4) is 0 Å². The van der Waals surface area contributed by atoms with E-state index in [1.807, 2.05) is 0 Å². The molecular formula is C15H23BrN2O. The molecule has 1 atom stereocenters. The SMILES string of the molecule is Cc1cc(CNC(C)CN2CCOCC2)ccc1Br. The van der Waals surface area contributed by atoms with Crippen molar-refractivity contribution in [2.45, 2.75) is 26.4 Å². The Kier molecular flexibility index (Phi) is 5.82. The van der Waals surface area contributed by atoms with Crippen LogP contribution in [0.25, 0.3) is 0 Å². The largest absolute Gasteiger partial charge is 0.379 e. The number of hydrogen-bond donors (Lipinski definition) is 1. The molecule has 19 heavy (non-hydrogen) atoms. The molecule has 1 unspecified atom stereocenters. The molecule has 106 valence electrons. The molecular weight excluding hydrogens is 304 g/mol. The van der Waals surface area contributed by atoms with Crippen molar-refractivity contribution < 1.29 is 4.74 Å². The van der Waals surface area contributed by atoms with Gasteiger partial charge in [-0.05, 0) is 31.0 Å². The highest BCUT2D eigenvalue weighted by molar-refractivity contribution is 9.10. The monoisotopic (exact) mass is 326 g/mol. The van der Waals surface area contributed by atoms with Crippen LogP contribution >= 0.6 is 15.9 Å². The summed E-state index contributed by atoms with van der Waals surface area (Å²) in [5.74, 6) is 0. The van der Waals surface area contributed by atoms with Crippen LogP contribution in [0.4, 0.5) is 0 Å². The summed E-state index contributed by atoms with van der Waals surface area (Å²) in [4.78, 5) is 2.47. The number of aryl methyl sites for hydroxylation is 1. The molecule has 1 saturated heterocycles. The number of hydrogen-bond acceptors (Lipinski definition) is 3. The van der Waals surface area contributed by atoms with E-state index in [1.54, 1.807) is 0 Å². The number of halogens is 1. The second kappa shape index (κ2) is 7.39. The number of benzene rings is 1. The molecule has 3 nitrogen and oxygen atoms in total. The highest BCUT2D eigenvalue weighted by atomic mass is 79.9. The maximum Gasteiger partial charge on any atom is 0.0594 e. The Balaban J connectivity index is 1.75. The lowest BCUT2D eigenvalue weighted by Crippen LogP contribution is -2.44. The molecule has 2 rings (SSSR count). The zero-order valence-corrected chi connectivity index (χ0v) is 13.4. The van der Waals surface area contributed by atoms with Crippen molar-refractivity contribution in [3.63, 3.8) is 0 Å². The first-order valence-corrected chi connectivity index (χ1v) is 7.73. The quantitative estimate of drug-likeness (QED) is 0.900. The van der Waals surface area contributed by atoms with Gasteiger partial charge in [-0.25, -0.2) is 0 Å². The average Bonchev–Trinajstić information content (AvgIpc) is 2.41. The van der Waals surface area contributed by atoms with Crippen LogP contribution in [-0.2, 0) is 11.3 Å². The molecule has 0 spiro atoms. The highest BCUT2D eigenvalue weighted by Gasteiger charge is 2.13. The third-order valence-corrected chi connectivity index (χ3v) is 4.40. The Bertz CT molecular complexity index is 405. The van der Waals surface area contributed by atoms with Gasteiger partial charge in [0.2, 0.25) is 0 Å². The van der Waals surface area contributed by atoms with E-state index < -0.39 is 0 Å². The summed E-state index contributed by atoms with van der Waals surface area (Å²) in [5, 5.41) is 3.60. The molecule has 0 bridgehead atoms. The van der Waals surface area contributed by atoms with Gasteiger partial charge in [0, 0.05) is 36.7 Å². The summed E-state index contributed by atoms with van der Waals surface area (Å²) >= 11 is 3.54. The maximum atomic E-state index is 5.37. The average molecular weight is 327 g/mol. The maximum absolute atomic E-state index is 5.37. The second-order valence-electron chi connectivity index (χ2n) is 5.28. The predicted molar refractivity (Wildman–Crippen MR) is 82.4 cm³/mol. The lowest BCUT2D eigenvalue weighted by atomic mass is 10.1. The van der Waals surface area contributed by atoms with Crippen LogP contribution in [-0.4, -0.2) is 43.8 Å². The van der Waals surface area contributed by atoms with Crippen molar-refractivity contribution in [1.29, 1.82) is 0 Å². The second-order valence-corrected chi connectivity index (χ2v) is 6.13. The van der Waals surface area contributed by atoms with Gasteiger partial charge in [0.05, 0.1) is 13.2 Å². The van der Waals surface area contributed by atoms with E-state index in [1.165, 1.54) is 15.6 Å². The number of morpholine rings is 1. The number of nitrogens with zero attached hydrogens (tertiary/aromatic N) is 1. The molecule has 0 aromatic heterocycles. The normalized spacial score (nSPS) is 18.5. The molecule has 0 saturated carbocycles. The highest BCUT2D eigenvalue weighted by Crippen LogP contribution is 2.17. The molecule has 1 aromatic carbocycles. The van der Waals surface area contributed by atoms with Gasteiger partial charge in [-0.1, -0.05) is 28.1 Å². The molecule has 1 aliphatic heterocycles. The van der Waals surface area contributed by atoms with Gasteiger partial charge in [-0.15, -0.1) is 0 Å². The lowest BCUT2D eigenvalue weighted by molar-refractivity contribution is 0.0343. The third kappa shape index (κ3) is 4.88. The zero-order chi connectivity index (χ0) is 13.7. The first-order chi connectivity index (χ1) is 9.15. The van der Waals surface area contributed by atoms with Crippen LogP contribution < -0.4 is 5.32 Å². The molecule has 0 radical (unpaired) electrons. The van der Waals surface area contributed by atoms with Gasteiger partial charge in [0.25, 0.3) is 0 Å². The minimum absolute atomic E-state index is 0.502. The Morgan fingerprint density at radius 1 is 1.37 bits per heavy atom. The molecule has 1 aromatic rings. The fourth-order valence-electron chi connectivity index (χ4n) is 2.34. The predicted octanol–water partition coefficient (Wildman–Crippen LogP) is 2.57. The summed E-state index contributed by atoms with van der Waals surface area (Å²) in [7, 11) is 0. The standard InChI is InChI=1S/C15H23BrN2O/c1-12-9-14(3-4-15(12)16)10-17-13(2)11-18-5-7-19-8-6-18/h3-4,9,13,17H,5-8,10-11H2,1-2H3. The third-order valence-electron chi connectivity index (χ3n) is 3.51. The van der Waals surface area contributed by atoms with E-state index in [2.05, 4.69) is 58.2 Å². The summed E-state index contributed by atoms with van der Waals surface area (Å²) in [6.07, 6.45) is 0. The van der Waals surface area contributed by atoms with E-state index in [0.29, 0.717) is 6.04 Å². The fraction of sp³-hybridized carbons (Fsp3) is 0.600. The topological polar surface area (TPSA) is 24.5 Å². The number of rotatable bonds is 5. The smallest absolute Gasteiger partial charge is 0.0594 e. The molecule has 0 amide bonds. The van der Waals surface area contributed by atoms with Crippen molar-refractivity contribution >= 4 is 15.9 Å². The van der Waals surface area contributed by atoms with Gasteiger partial charge in [-0.3, -0.25) is 4.90 Å². The van der Waals surface area contributed by atoms with Gasteiger partial charge in [0.15, 0.2) is 0 Å². The van der Waals surface area contributed by atoms with Crippen LogP contribution in [0.1, 0.15) is 18.1 Å². The molecule has 0 aliphatic carbocycles. The molecule has 1 aliphatic rings. The van der Waals surface area contributed by atoms with Crippen molar-refractivity contribution in [3.05, 3.63) is 33.8 Å². The van der Waals surface area contributed by atoms with Crippen LogP contribution in [0.5, 0.6) is 0 Å². The van der Waals surface area contributed by atoms with Crippen LogP contribution in [0, 0.1) is 6.92 Å². The van der Waals surface area contributed by atoms with Crippen LogP contribution in [0.2, 0.25) is 0 Å². The van der Waals surface area contributed by atoms with Gasteiger partial charge < -0.3 is 10.1 Å². The van der Waals surface area contributed by atoms with Crippen molar-refractivity contribution in [1.82, 2.24) is 10.2 Å². The summed E-state index contributed by atoms with van der Waals surface area (Å²) in [5.41, 5.74) is 2.63. The Morgan fingerprint density at radius 3 is 2.79 bits per heavy atom. The zero-order valence-electron chi connectivity index (χ0n) is 11.8. The van der Waals surface area contributed by atoms with Crippen LogP contribution in [0.3, 0.4) is 0 Å². The van der Waals surface area contributed by atoms with E-state index in [-0.39, 0.29) is 0 Å². The summed E-state index contributed by atoms with van der Waals surface area (Å²) < 4.78 is 6.55. The molecule has 1 heterocycles. The summed E-state index contributed by atoms with van der Waals surface area (Å²) in [6.45, 7) is 10.3.